The molecule has 10 rings (SSSR count). The van der Waals surface area contributed by atoms with E-state index in [9.17, 15) is 5.11 Å². The molecule has 0 fully saturated rings. The average molecular weight is 930 g/mol. The first-order valence-electron chi connectivity index (χ1n) is 19.4. The predicted molar refractivity (Wildman–Crippen MR) is 234 cm³/mol. The summed E-state index contributed by atoms with van der Waals surface area (Å²) in [6, 6.07) is 60.6. The van der Waals surface area contributed by atoms with Crippen LogP contribution in [-0.4, -0.2) is 19.6 Å². The molecule has 1 aliphatic carbocycles. The Bertz CT molecular complexity index is 3030. The molecule has 6 aromatic carbocycles. The molecule has 0 saturated carbocycles. The first-order chi connectivity index (χ1) is 27.7. The number of pyridine rings is 2. The van der Waals surface area contributed by atoms with Crippen molar-refractivity contribution in [3.8, 4) is 84.2 Å². The summed E-state index contributed by atoms with van der Waals surface area (Å²) in [5, 5.41) is 12.0. The van der Waals surface area contributed by atoms with Crippen molar-refractivity contribution in [1.29, 1.82) is 0 Å². The number of rotatable bonds is 6. The van der Waals surface area contributed by atoms with Crippen molar-refractivity contribution >= 4 is 10.9 Å². The third kappa shape index (κ3) is 6.20. The molecule has 3 heterocycles. The van der Waals surface area contributed by atoms with Gasteiger partial charge in [0.2, 0.25) is 0 Å². The fourth-order valence-corrected chi connectivity index (χ4v) is 8.89. The van der Waals surface area contributed by atoms with E-state index in [1.807, 2.05) is 54.6 Å². The van der Waals surface area contributed by atoms with Crippen LogP contribution in [0.1, 0.15) is 30.7 Å². The van der Waals surface area contributed by atoms with Gasteiger partial charge in [0.15, 0.2) is 0 Å². The zero-order valence-electron chi connectivity index (χ0n) is 32.7. The summed E-state index contributed by atoms with van der Waals surface area (Å²) in [7, 11) is 2.17. The molecule has 58 heavy (non-hydrogen) atoms. The average Bonchev–Trinajstić information content (AvgIpc) is 3.67. The molecule has 0 saturated heterocycles. The maximum atomic E-state index is 10.8. The number of aryl methyl sites for hydroxylation is 2. The van der Waals surface area contributed by atoms with E-state index in [4.69, 9.17) is 9.97 Å². The quantitative estimate of drug-likeness (QED) is 0.169. The van der Waals surface area contributed by atoms with Crippen molar-refractivity contribution in [2.45, 2.75) is 26.2 Å². The first kappa shape index (κ1) is 37.2. The third-order valence-electron chi connectivity index (χ3n) is 11.7. The van der Waals surface area contributed by atoms with Crippen molar-refractivity contribution in [1.82, 2.24) is 14.5 Å². The van der Waals surface area contributed by atoms with E-state index in [1.54, 1.807) is 6.07 Å². The maximum absolute atomic E-state index is 10.8. The molecule has 1 N–H and O–H groups in total. The van der Waals surface area contributed by atoms with E-state index in [0.29, 0.717) is 11.3 Å². The number of hydrogen-bond donors (Lipinski definition) is 1. The van der Waals surface area contributed by atoms with Crippen LogP contribution in [-0.2, 0) is 33.5 Å². The van der Waals surface area contributed by atoms with Crippen molar-refractivity contribution in [3.63, 3.8) is 0 Å². The van der Waals surface area contributed by atoms with Crippen LogP contribution in [0.5, 0.6) is 5.75 Å². The SMILES string of the molecule is Cc1cc(-c2c(-c3ccc4c(c3)C(C)(C)c3ccccc3-4)c3ccccc3n2C)cc(-c2[c-]c(-c3cc(-c4ccccc4)cc(-c4ccccc4O)n3)ccc2)n1.[Pt]. The van der Waals surface area contributed by atoms with Crippen LogP contribution in [0.3, 0.4) is 0 Å². The van der Waals surface area contributed by atoms with Crippen LogP contribution in [0.15, 0.2) is 164 Å². The second kappa shape index (κ2) is 14.5. The molecule has 4 nitrogen and oxygen atoms in total. The molecule has 284 valence electrons. The Hall–Kier alpha value is -6.35. The number of fused-ring (bicyclic) bond motifs is 4. The molecule has 5 heteroatoms. The molecular formula is C53H40N3OPt-. The minimum Gasteiger partial charge on any atom is -0.507 e. The molecule has 0 aliphatic heterocycles. The number of aromatic nitrogens is 3. The fourth-order valence-electron chi connectivity index (χ4n) is 8.89. The molecule has 1 aliphatic rings. The molecule has 0 bridgehead atoms. The summed E-state index contributed by atoms with van der Waals surface area (Å²) in [6.07, 6.45) is 0. The summed E-state index contributed by atoms with van der Waals surface area (Å²) in [5.41, 5.74) is 18.8. The predicted octanol–water partition coefficient (Wildman–Crippen LogP) is 13.1. The summed E-state index contributed by atoms with van der Waals surface area (Å²) in [5.74, 6) is 0.191. The minimum absolute atomic E-state index is 0. The number of phenols is 1. The second-order valence-electron chi connectivity index (χ2n) is 15.6. The van der Waals surface area contributed by atoms with E-state index in [2.05, 4.69) is 142 Å². The van der Waals surface area contributed by atoms with Gasteiger partial charge in [-0.25, -0.2) is 0 Å². The Balaban J connectivity index is 0.00000436. The zero-order valence-corrected chi connectivity index (χ0v) is 35.0. The maximum Gasteiger partial charge on any atom is 0.124 e. The summed E-state index contributed by atoms with van der Waals surface area (Å²) < 4.78 is 2.33. The first-order valence-corrected chi connectivity index (χ1v) is 19.4. The van der Waals surface area contributed by atoms with Gasteiger partial charge in [0.25, 0.3) is 0 Å². The summed E-state index contributed by atoms with van der Waals surface area (Å²) >= 11 is 0. The van der Waals surface area contributed by atoms with E-state index in [0.717, 1.165) is 50.6 Å². The molecule has 0 unspecified atom stereocenters. The van der Waals surface area contributed by atoms with Gasteiger partial charge in [0, 0.05) is 72.6 Å². The Morgan fingerprint density at radius 3 is 1.97 bits per heavy atom. The minimum atomic E-state index is -0.105. The van der Waals surface area contributed by atoms with Crippen LogP contribution in [0.25, 0.3) is 89.3 Å². The smallest absolute Gasteiger partial charge is 0.124 e. The van der Waals surface area contributed by atoms with Crippen LogP contribution in [0.4, 0.5) is 0 Å². The van der Waals surface area contributed by atoms with Gasteiger partial charge in [-0.3, -0.25) is 9.97 Å². The largest absolute Gasteiger partial charge is 0.507 e. The van der Waals surface area contributed by atoms with Crippen molar-refractivity contribution in [2.24, 2.45) is 7.05 Å². The Labute approximate surface area is 353 Å². The number of nitrogens with zero attached hydrogens (tertiary/aromatic N) is 3. The van der Waals surface area contributed by atoms with E-state index >= 15 is 0 Å². The summed E-state index contributed by atoms with van der Waals surface area (Å²) in [4.78, 5) is 10.2. The second-order valence-corrected chi connectivity index (χ2v) is 15.6. The number of para-hydroxylation sites is 2. The number of benzene rings is 6. The molecule has 0 spiro atoms. The van der Waals surface area contributed by atoms with Crippen LogP contribution < -0.4 is 0 Å². The van der Waals surface area contributed by atoms with E-state index in [1.165, 1.54) is 44.3 Å². The molecule has 0 radical (unpaired) electrons. The summed E-state index contributed by atoms with van der Waals surface area (Å²) in [6.45, 7) is 6.75. The van der Waals surface area contributed by atoms with Gasteiger partial charge in [0.05, 0.1) is 11.4 Å². The Morgan fingerprint density at radius 2 is 1.17 bits per heavy atom. The number of phenolic OH excluding ortho intramolecular Hbond substituents is 1. The molecule has 9 aromatic rings. The molecular weight excluding hydrogens is 890 g/mol. The van der Waals surface area contributed by atoms with Crippen molar-refractivity contribution in [2.75, 3.05) is 0 Å². The molecule has 3 aromatic heterocycles. The monoisotopic (exact) mass is 929 g/mol. The van der Waals surface area contributed by atoms with Gasteiger partial charge in [-0.2, -0.15) is 0 Å². The van der Waals surface area contributed by atoms with Gasteiger partial charge < -0.3 is 9.67 Å². The topological polar surface area (TPSA) is 50.9 Å². The fraction of sp³-hybridized carbons (Fsp3) is 0.0943. The normalized spacial score (nSPS) is 12.6. The van der Waals surface area contributed by atoms with Gasteiger partial charge in [0.1, 0.15) is 5.75 Å². The van der Waals surface area contributed by atoms with Crippen LogP contribution >= 0.6 is 0 Å². The van der Waals surface area contributed by atoms with Gasteiger partial charge in [-0.05, 0) is 87.8 Å². The van der Waals surface area contributed by atoms with Crippen molar-refractivity contribution < 1.29 is 26.2 Å². The molecule has 0 amide bonds. The van der Waals surface area contributed by atoms with Crippen LogP contribution in [0, 0.1) is 13.0 Å². The number of aromatic hydroxyl groups is 1. The van der Waals surface area contributed by atoms with Gasteiger partial charge in [-0.15, -0.1) is 24.3 Å². The van der Waals surface area contributed by atoms with Gasteiger partial charge in [-0.1, -0.05) is 134 Å². The zero-order chi connectivity index (χ0) is 38.8. The Morgan fingerprint density at radius 1 is 0.534 bits per heavy atom. The number of hydrogen-bond acceptors (Lipinski definition) is 3. The third-order valence-corrected chi connectivity index (χ3v) is 11.7. The van der Waals surface area contributed by atoms with E-state index in [-0.39, 0.29) is 32.2 Å². The van der Waals surface area contributed by atoms with E-state index < -0.39 is 0 Å². The standard InChI is InChI=1S/C53H40N3O.Pt/c1-33-27-39(52-51(43-21-9-12-23-49(43)56(52)4)37-25-26-41-40-19-8-11-22-44(40)53(2,3)45(41)29-37)32-46(54-33)35-17-14-18-36(28-35)47-30-38(34-15-6-5-7-16-34)31-48(55-47)42-20-10-13-24-50(42)57;/h5-27,29-32,57H,1-4H3;/q-1;. The van der Waals surface area contributed by atoms with Gasteiger partial charge >= 0.3 is 0 Å². The van der Waals surface area contributed by atoms with Crippen LogP contribution in [0.2, 0.25) is 0 Å². The molecule has 0 atom stereocenters. The Kier molecular flexibility index (Phi) is 9.34. The van der Waals surface area contributed by atoms with Crippen molar-refractivity contribution in [3.05, 3.63) is 187 Å².